The smallest absolute Gasteiger partial charge is 0.323 e. The number of hydrogen-bond donors (Lipinski definition) is 1. The molecular formula is C10H7F8N. The highest BCUT2D eigenvalue weighted by molar-refractivity contribution is 5.22. The largest absolute Gasteiger partial charge is 0.402 e. The molecule has 0 amide bonds. The zero-order chi connectivity index (χ0) is 15.0. The summed E-state index contributed by atoms with van der Waals surface area (Å²) in [5.74, 6) is -6.52. The van der Waals surface area contributed by atoms with Gasteiger partial charge in [0.2, 0.25) is 0 Å². The van der Waals surface area contributed by atoms with E-state index in [9.17, 15) is 35.1 Å². The Morgan fingerprint density at radius 3 is 1.47 bits per heavy atom. The topological polar surface area (TPSA) is 26.0 Å². The van der Waals surface area contributed by atoms with Gasteiger partial charge in [-0.25, -0.2) is 8.78 Å². The second kappa shape index (κ2) is 4.95. The first-order valence-electron chi connectivity index (χ1n) is 4.78. The molecule has 0 aromatic heterocycles. The van der Waals surface area contributed by atoms with E-state index in [2.05, 4.69) is 0 Å². The van der Waals surface area contributed by atoms with E-state index in [0.717, 1.165) is 0 Å². The minimum absolute atomic E-state index is 0.312. The molecule has 0 bridgehead atoms. The zero-order valence-corrected chi connectivity index (χ0v) is 8.99. The fraction of sp³-hybridized carbons (Fsp3) is 0.400. The van der Waals surface area contributed by atoms with E-state index in [1.165, 1.54) is 0 Å². The minimum Gasteiger partial charge on any atom is -0.323 e. The predicted molar refractivity (Wildman–Crippen MR) is 48.9 cm³/mol. The van der Waals surface area contributed by atoms with Gasteiger partial charge in [-0.2, -0.15) is 26.3 Å². The van der Waals surface area contributed by atoms with Crippen LogP contribution in [0, 0.1) is 17.6 Å². The van der Waals surface area contributed by atoms with Gasteiger partial charge < -0.3 is 5.73 Å². The summed E-state index contributed by atoms with van der Waals surface area (Å²) in [6, 6.07) is -1.67. The maximum atomic E-state index is 12.8. The van der Waals surface area contributed by atoms with Crippen molar-refractivity contribution >= 4 is 0 Å². The molecule has 0 saturated heterocycles. The third-order valence-electron chi connectivity index (χ3n) is 2.33. The molecule has 1 aromatic carbocycles. The Hall–Kier alpha value is -1.38. The van der Waals surface area contributed by atoms with Crippen LogP contribution in [0.15, 0.2) is 18.2 Å². The predicted octanol–water partition coefficient (Wildman–Crippen LogP) is 3.71. The molecule has 9 heteroatoms. The number of benzene rings is 1. The van der Waals surface area contributed by atoms with Crippen LogP contribution in [0.25, 0.3) is 0 Å². The first-order valence-corrected chi connectivity index (χ1v) is 4.78. The fourth-order valence-electron chi connectivity index (χ4n) is 1.55. The molecule has 0 aliphatic heterocycles. The lowest BCUT2D eigenvalue weighted by Gasteiger charge is -2.28. The lowest BCUT2D eigenvalue weighted by molar-refractivity contribution is -0.290. The average molecular weight is 293 g/mol. The van der Waals surface area contributed by atoms with E-state index >= 15 is 0 Å². The van der Waals surface area contributed by atoms with E-state index in [1.807, 2.05) is 0 Å². The number of rotatable bonds is 2. The van der Waals surface area contributed by atoms with Crippen molar-refractivity contribution in [2.75, 3.05) is 0 Å². The molecule has 0 radical (unpaired) electrons. The van der Waals surface area contributed by atoms with Crippen LogP contribution in [0.5, 0.6) is 0 Å². The summed E-state index contributed by atoms with van der Waals surface area (Å²) in [6.07, 6.45) is -11.4. The molecular weight excluding hydrogens is 286 g/mol. The molecule has 0 spiro atoms. The van der Waals surface area contributed by atoms with Gasteiger partial charge in [0.15, 0.2) is 5.92 Å². The summed E-state index contributed by atoms with van der Waals surface area (Å²) in [4.78, 5) is 0. The molecule has 19 heavy (non-hydrogen) atoms. The molecule has 1 unspecified atom stereocenters. The Labute approximate surface area is 102 Å². The molecule has 0 aliphatic carbocycles. The van der Waals surface area contributed by atoms with Gasteiger partial charge in [-0.05, 0) is 17.7 Å². The van der Waals surface area contributed by atoms with E-state index in [4.69, 9.17) is 5.73 Å². The van der Waals surface area contributed by atoms with Crippen LogP contribution in [-0.4, -0.2) is 12.4 Å². The van der Waals surface area contributed by atoms with Gasteiger partial charge in [0.05, 0.1) is 6.04 Å². The highest BCUT2D eigenvalue weighted by Gasteiger charge is 2.59. The lowest BCUT2D eigenvalue weighted by Crippen LogP contribution is -2.44. The van der Waals surface area contributed by atoms with E-state index in [0.29, 0.717) is 18.2 Å². The molecule has 2 N–H and O–H groups in total. The van der Waals surface area contributed by atoms with Crippen molar-refractivity contribution in [1.82, 2.24) is 0 Å². The normalized spacial score (nSPS) is 14.8. The number of nitrogens with two attached hydrogens (primary N) is 1. The molecule has 1 nitrogen and oxygen atoms in total. The second-order valence-electron chi connectivity index (χ2n) is 3.79. The maximum absolute atomic E-state index is 12.8. The monoisotopic (exact) mass is 293 g/mol. The lowest BCUT2D eigenvalue weighted by atomic mass is 9.92. The minimum atomic E-state index is -5.68. The van der Waals surface area contributed by atoms with Gasteiger partial charge in [-0.1, -0.05) is 0 Å². The van der Waals surface area contributed by atoms with Crippen molar-refractivity contribution < 1.29 is 35.1 Å². The molecule has 1 rings (SSSR count). The van der Waals surface area contributed by atoms with Crippen LogP contribution in [0.2, 0.25) is 0 Å². The molecule has 1 aromatic rings. The van der Waals surface area contributed by atoms with Crippen molar-refractivity contribution in [2.24, 2.45) is 11.7 Å². The average Bonchev–Trinajstić information content (AvgIpc) is 2.10. The Morgan fingerprint density at radius 2 is 1.16 bits per heavy atom. The molecule has 108 valence electrons. The van der Waals surface area contributed by atoms with Crippen LogP contribution in [0.3, 0.4) is 0 Å². The Kier molecular flexibility index (Phi) is 4.08. The highest BCUT2D eigenvalue weighted by atomic mass is 19.4. The van der Waals surface area contributed by atoms with Crippen molar-refractivity contribution in [1.29, 1.82) is 0 Å². The summed E-state index contributed by atoms with van der Waals surface area (Å²) in [6.45, 7) is 0. The number of alkyl halides is 6. The van der Waals surface area contributed by atoms with Crippen LogP contribution < -0.4 is 5.73 Å². The Balaban J connectivity index is 3.24. The van der Waals surface area contributed by atoms with E-state index < -0.39 is 41.5 Å². The van der Waals surface area contributed by atoms with Gasteiger partial charge in [-0.3, -0.25) is 0 Å². The summed E-state index contributed by atoms with van der Waals surface area (Å²) in [7, 11) is 0. The SMILES string of the molecule is NC(c1cc(F)cc(F)c1)C(C(F)(F)F)C(F)(F)F. The maximum Gasteiger partial charge on any atom is 0.402 e. The molecule has 0 fully saturated rings. The molecule has 0 heterocycles. The van der Waals surface area contributed by atoms with Gasteiger partial charge >= 0.3 is 12.4 Å². The fourth-order valence-corrected chi connectivity index (χ4v) is 1.55. The van der Waals surface area contributed by atoms with Crippen LogP contribution in [0.4, 0.5) is 35.1 Å². The van der Waals surface area contributed by atoms with Crippen LogP contribution in [-0.2, 0) is 0 Å². The number of hydrogen-bond acceptors (Lipinski definition) is 1. The third-order valence-corrected chi connectivity index (χ3v) is 2.33. The van der Waals surface area contributed by atoms with E-state index in [1.54, 1.807) is 0 Å². The van der Waals surface area contributed by atoms with Crippen molar-refractivity contribution in [3.63, 3.8) is 0 Å². The summed E-state index contributed by atoms with van der Waals surface area (Å²) >= 11 is 0. The Morgan fingerprint density at radius 1 is 0.789 bits per heavy atom. The molecule has 0 saturated carbocycles. The summed E-state index contributed by atoms with van der Waals surface area (Å²) in [5.41, 5.74) is 3.96. The molecule has 1 atom stereocenters. The highest BCUT2D eigenvalue weighted by Crippen LogP contribution is 2.45. The van der Waals surface area contributed by atoms with Gasteiger partial charge in [0.25, 0.3) is 0 Å². The summed E-state index contributed by atoms with van der Waals surface area (Å²) < 4.78 is 99.8. The zero-order valence-electron chi connectivity index (χ0n) is 8.99. The summed E-state index contributed by atoms with van der Waals surface area (Å²) in [5, 5.41) is 0. The first kappa shape index (κ1) is 15.7. The van der Waals surface area contributed by atoms with Gasteiger partial charge in [-0.15, -0.1) is 0 Å². The van der Waals surface area contributed by atoms with Gasteiger partial charge in [0.1, 0.15) is 11.6 Å². The van der Waals surface area contributed by atoms with Crippen LogP contribution >= 0.6 is 0 Å². The molecule has 0 aliphatic rings. The Bertz CT molecular complexity index is 416. The van der Waals surface area contributed by atoms with Crippen molar-refractivity contribution in [3.8, 4) is 0 Å². The second-order valence-corrected chi connectivity index (χ2v) is 3.79. The van der Waals surface area contributed by atoms with E-state index in [-0.39, 0.29) is 0 Å². The van der Waals surface area contributed by atoms with Crippen LogP contribution in [0.1, 0.15) is 11.6 Å². The first-order chi connectivity index (χ1) is 8.43. The quantitative estimate of drug-likeness (QED) is 0.827. The van der Waals surface area contributed by atoms with Crippen molar-refractivity contribution in [3.05, 3.63) is 35.4 Å². The number of halogens is 8. The van der Waals surface area contributed by atoms with Gasteiger partial charge in [0, 0.05) is 6.07 Å². The standard InChI is InChI=1S/C10H7F8N/c11-5-1-4(2-6(12)3-5)7(19)8(9(13,14)15)10(16,17)18/h1-3,7-8H,19H2. The third kappa shape index (κ3) is 3.79. The van der Waals surface area contributed by atoms with Crippen molar-refractivity contribution in [2.45, 2.75) is 18.4 Å².